The number of benzene rings is 1. The molecular weight excluding hydrogens is 288 g/mol. The van der Waals surface area contributed by atoms with E-state index in [4.69, 9.17) is 0 Å². The summed E-state index contributed by atoms with van der Waals surface area (Å²) < 4.78 is 0. The standard InChI is InChI=1S/C19H28N2O2/c1-14-5-6-16(15(2)11-14)19(8-9-19)12-20-17(22)21-10-4-7-18(3,23)13-21/h5-6,11,23H,4,7-10,12-13H2,1-3H3,(H,20,22)/t18-/m0/s1. The highest BCUT2D eigenvalue weighted by molar-refractivity contribution is 5.74. The topological polar surface area (TPSA) is 52.6 Å². The average molecular weight is 316 g/mol. The maximum atomic E-state index is 12.4. The number of carbonyl (C=O) groups is 1. The van der Waals surface area contributed by atoms with Crippen LogP contribution >= 0.6 is 0 Å². The predicted octanol–water partition coefficient (Wildman–Crippen LogP) is 2.89. The number of urea groups is 1. The number of nitrogens with one attached hydrogen (secondary N) is 1. The molecule has 23 heavy (non-hydrogen) atoms. The zero-order valence-corrected chi connectivity index (χ0v) is 14.5. The average Bonchev–Trinajstić information content (AvgIpc) is 3.24. The molecule has 0 radical (unpaired) electrons. The molecule has 2 aliphatic rings. The maximum absolute atomic E-state index is 12.4. The molecule has 0 aromatic heterocycles. The third-order valence-corrected chi connectivity index (χ3v) is 5.35. The molecule has 1 aromatic rings. The molecule has 1 saturated carbocycles. The first kappa shape index (κ1) is 16.3. The lowest BCUT2D eigenvalue weighted by molar-refractivity contribution is -0.00253. The smallest absolute Gasteiger partial charge is 0.317 e. The van der Waals surface area contributed by atoms with E-state index in [1.165, 1.54) is 16.7 Å². The number of nitrogens with zero attached hydrogens (tertiary/aromatic N) is 1. The highest BCUT2D eigenvalue weighted by atomic mass is 16.3. The van der Waals surface area contributed by atoms with E-state index in [9.17, 15) is 9.90 Å². The van der Waals surface area contributed by atoms with Crippen LogP contribution in [0.4, 0.5) is 4.79 Å². The van der Waals surface area contributed by atoms with Crippen molar-refractivity contribution >= 4 is 6.03 Å². The van der Waals surface area contributed by atoms with Crippen molar-refractivity contribution in [1.29, 1.82) is 0 Å². The molecule has 0 bridgehead atoms. The third kappa shape index (κ3) is 3.52. The van der Waals surface area contributed by atoms with Gasteiger partial charge in [-0.25, -0.2) is 4.79 Å². The van der Waals surface area contributed by atoms with Crippen LogP contribution in [0.3, 0.4) is 0 Å². The van der Waals surface area contributed by atoms with Gasteiger partial charge in [-0.2, -0.15) is 0 Å². The van der Waals surface area contributed by atoms with Crippen molar-refractivity contribution in [3.05, 3.63) is 34.9 Å². The molecule has 1 atom stereocenters. The van der Waals surface area contributed by atoms with E-state index in [-0.39, 0.29) is 11.4 Å². The fraction of sp³-hybridized carbons (Fsp3) is 0.632. The number of hydrogen-bond donors (Lipinski definition) is 2. The Morgan fingerprint density at radius 3 is 2.65 bits per heavy atom. The van der Waals surface area contributed by atoms with Gasteiger partial charge in [0.15, 0.2) is 0 Å². The minimum Gasteiger partial charge on any atom is -0.388 e. The van der Waals surface area contributed by atoms with Crippen LogP contribution in [0.2, 0.25) is 0 Å². The van der Waals surface area contributed by atoms with E-state index in [0.29, 0.717) is 13.1 Å². The molecule has 3 rings (SSSR count). The van der Waals surface area contributed by atoms with Gasteiger partial charge in [0, 0.05) is 18.5 Å². The van der Waals surface area contributed by atoms with Crippen LogP contribution in [0, 0.1) is 13.8 Å². The van der Waals surface area contributed by atoms with Crippen molar-refractivity contribution in [2.24, 2.45) is 0 Å². The quantitative estimate of drug-likeness (QED) is 0.901. The number of rotatable bonds is 3. The molecule has 0 unspecified atom stereocenters. The van der Waals surface area contributed by atoms with E-state index in [2.05, 4.69) is 37.4 Å². The second kappa shape index (κ2) is 5.82. The van der Waals surface area contributed by atoms with E-state index in [1.54, 1.807) is 4.90 Å². The second-order valence-corrected chi connectivity index (χ2v) is 7.78. The molecule has 4 nitrogen and oxygen atoms in total. The van der Waals surface area contributed by atoms with Crippen molar-refractivity contribution in [2.75, 3.05) is 19.6 Å². The minimum absolute atomic E-state index is 0.0407. The van der Waals surface area contributed by atoms with Crippen molar-refractivity contribution < 1.29 is 9.90 Å². The number of aryl methyl sites for hydroxylation is 2. The van der Waals surface area contributed by atoms with E-state index in [1.807, 2.05) is 6.92 Å². The number of hydrogen-bond acceptors (Lipinski definition) is 2. The van der Waals surface area contributed by atoms with Crippen molar-refractivity contribution in [3.8, 4) is 0 Å². The Morgan fingerprint density at radius 1 is 1.30 bits per heavy atom. The van der Waals surface area contributed by atoms with Crippen LogP contribution in [0.25, 0.3) is 0 Å². The molecule has 2 amide bonds. The van der Waals surface area contributed by atoms with Gasteiger partial charge in [0.25, 0.3) is 0 Å². The van der Waals surface area contributed by atoms with Gasteiger partial charge in [-0.1, -0.05) is 23.8 Å². The van der Waals surface area contributed by atoms with Gasteiger partial charge in [-0.15, -0.1) is 0 Å². The number of carbonyl (C=O) groups excluding carboxylic acids is 1. The molecule has 1 aromatic carbocycles. The summed E-state index contributed by atoms with van der Waals surface area (Å²) in [6, 6.07) is 6.56. The summed E-state index contributed by atoms with van der Waals surface area (Å²) >= 11 is 0. The van der Waals surface area contributed by atoms with Crippen LogP contribution in [-0.4, -0.2) is 41.3 Å². The van der Waals surface area contributed by atoms with Crippen LogP contribution in [0.1, 0.15) is 49.3 Å². The summed E-state index contributed by atoms with van der Waals surface area (Å²) in [6.07, 6.45) is 3.90. The number of aliphatic hydroxyl groups is 1. The van der Waals surface area contributed by atoms with Crippen LogP contribution in [0.5, 0.6) is 0 Å². The van der Waals surface area contributed by atoms with Crippen molar-refractivity contribution in [2.45, 2.75) is 57.5 Å². The highest BCUT2D eigenvalue weighted by Gasteiger charge is 2.45. The normalized spacial score (nSPS) is 26.0. The summed E-state index contributed by atoms with van der Waals surface area (Å²) in [5.74, 6) is 0. The number of β-amino-alcohol motifs (C(OH)–C–C–N with tert-alkyl or cyclic N) is 1. The summed E-state index contributed by atoms with van der Waals surface area (Å²) in [6.45, 7) is 7.93. The lowest BCUT2D eigenvalue weighted by atomic mass is 9.90. The highest BCUT2D eigenvalue weighted by Crippen LogP contribution is 2.48. The Morgan fingerprint density at radius 2 is 2.04 bits per heavy atom. The Kier molecular flexibility index (Phi) is 4.13. The summed E-state index contributed by atoms with van der Waals surface area (Å²) in [5, 5.41) is 13.3. The Bertz CT molecular complexity index is 605. The Hall–Kier alpha value is -1.55. The van der Waals surface area contributed by atoms with Gasteiger partial charge >= 0.3 is 6.03 Å². The summed E-state index contributed by atoms with van der Waals surface area (Å²) in [5.41, 5.74) is 3.33. The maximum Gasteiger partial charge on any atom is 0.317 e. The van der Waals surface area contributed by atoms with Gasteiger partial charge in [0.05, 0.1) is 12.1 Å². The molecule has 126 valence electrons. The first-order valence-corrected chi connectivity index (χ1v) is 8.64. The van der Waals surface area contributed by atoms with Crippen molar-refractivity contribution in [3.63, 3.8) is 0 Å². The predicted molar refractivity (Wildman–Crippen MR) is 91.7 cm³/mol. The molecule has 2 N–H and O–H groups in total. The van der Waals surface area contributed by atoms with Crippen LogP contribution in [0.15, 0.2) is 18.2 Å². The first-order valence-electron chi connectivity index (χ1n) is 8.64. The monoisotopic (exact) mass is 316 g/mol. The number of likely N-dealkylation sites (tertiary alicyclic amines) is 1. The van der Waals surface area contributed by atoms with Gasteiger partial charge in [-0.05, 0) is 57.6 Å². The number of amides is 2. The lowest BCUT2D eigenvalue weighted by Crippen LogP contribution is -2.52. The largest absolute Gasteiger partial charge is 0.388 e. The minimum atomic E-state index is -0.750. The van der Waals surface area contributed by atoms with E-state index < -0.39 is 5.60 Å². The molecule has 2 fully saturated rings. The fourth-order valence-corrected chi connectivity index (χ4v) is 3.85. The summed E-state index contributed by atoms with van der Waals surface area (Å²) in [4.78, 5) is 14.2. The molecular formula is C19H28N2O2. The lowest BCUT2D eigenvalue weighted by Gasteiger charge is -2.37. The van der Waals surface area contributed by atoms with Crippen molar-refractivity contribution in [1.82, 2.24) is 10.2 Å². The van der Waals surface area contributed by atoms with Gasteiger partial charge in [0.1, 0.15) is 0 Å². The molecule has 1 saturated heterocycles. The van der Waals surface area contributed by atoms with Gasteiger partial charge < -0.3 is 15.3 Å². The zero-order chi connectivity index (χ0) is 16.7. The molecule has 1 heterocycles. The zero-order valence-electron chi connectivity index (χ0n) is 14.5. The van der Waals surface area contributed by atoms with Gasteiger partial charge in [-0.3, -0.25) is 0 Å². The second-order valence-electron chi connectivity index (χ2n) is 7.78. The Balaban J connectivity index is 1.62. The number of piperidine rings is 1. The Labute approximate surface area is 138 Å². The SMILES string of the molecule is Cc1ccc(C2(CNC(=O)N3CCC[C@](C)(O)C3)CC2)c(C)c1. The molecule has 0 spiro atoms. The first-order chi connectivity index (χ1) is 10.8. The van der Waals surface area contributed by atoms with Crippen LogP contribution in [-0.2, 0) is 5.41 Å². The molecule has 4 heteroatoms. The molecule has 1 aliphatic heterocycles. The third-order valence-electron chi connectivity index (χ3n) is 5.35. The van der Waals surface area contributed by atoms with E-state index >= 15 is 0 Å². The summed E-state index contributed by atoms with van der Waals surface area (Å²) in [7, 11) is 0. The van der Waals surface area contributed by atoms with E-state index in [0.717, 1.165) is 32.2 Å². The van der Waals surface area contributed by atoms with Crippen LogP contribution < -0.4 is 5.32 Å². The van der Waals surface area contributed by atoms with Gasteiger partial charge in [0.2, 0.25) is 0 Å². The fourth-order valence-electron chi connectivity index (χ4n) is 3.85. The molecule has 1 aliphatic carbocycles.